The summed E-state index contributed by atoms with van der Waals surface area (Å²) in [5.41, 5.74) is 2.73. The van der Waals surface area contributed by atoms with Crippen LogP contribution in [0, 0.1) is 11.3 Å². The molecule has 0 atom stereocenters. The fourth-order valence-corrected chi connectivity index (χ4v) is 4.83. The van der Waals surface area contributed by atoms with E-state index in [1.165, 1.54) is 6.20 Å². The van der Waals surface area contributed by atoms with Crippen LogP contribution in [0.1, 0.15) is 5.69 Å². The van der Waals surface area contributed by atoms with Crippen molar-refractivity contribution in [1.29, 1.82) is 5.26 Å². The molecule has 0 aliphatic heterocycles. The van der Waals surface area contributed by atoms with E-state index in [-0.39, 0.29) is 5.69 Å². The first-order valence-corrected chi connectivity index (χ1v) is 11.7. The molecule has 0 fully saturated rings. The number of halogens is 1. The monoisotopic (exact) mass is 501 g/mol. The van der Waals surface area contributed by atoms with Crippen LogP contribution >= 0.6 is 11.6 Å². The largest absolute Gasteiger partial charge is 0.333 e. The zero-order chi connectivity index (χ0) is 25.5. The summed E-state index contributed by atoms with van der Waals surface area (Å²) < 4.78 is 1.11. The summed E-state index contributed by atoms with van der Waals surface area (Å²) in [7, 11) is 0. The zero-order valence-corrected chi connectivity index (χ0v) is 19.9. The average Bonchev–Trinajstić information content (AvgIpc) is 2.93. The van der Waals surface area contributed by atoms with E-state index in [0.717, 1.165) is 20.9 Å². The van der Waals surface area contributed by atoms with Gasteiger partial charge in [-0.1, -0.05) is 60.1 Å². The molecule has 6 rings (SSSR count). The predicted molar refractivity (Wildman–Crippen MR) is 144 cm³/mol. The lowest BCUT2D eigenvalue weighted by Gasteiger charge is -2.13. The number of hydrogen-bond donors (Lipinski definition) is 1. The van der Waals surface area contributed by atoms with Crippen molar-refractivity contribution >= 4 is 33.3 Å². The Morgan fingerprint density at radius 3 is 2.59 bits per heavy atom. The summed E-state index contributed by atoms with van der Waals surface area (Å²) in [6.07, 6.45) is 3.20. The summed E-state index contributed by atoms with van der Waals surface area (Å²) in [6, 6.07) is 25.3. The molecule has 0 aliphatic rings. The zero-order valence-electron chi connectivity index (χ0n) is 19.1. The summed E-state index contributed by atoms with van der Waals surface area (Å²) in [5, 5.41) is 11.7. The van der Waals surface area contributed by atoms with Crippen LogP contribution in [-0.2, 0) is 0 Å². The van der Waals surface area contributed by atoms with E-state index in [1.807, 2.05) is 36.4 Å². The van der Waals surface area contributed by atoms with Crippen molar-refractivity contribution in [1.82, 2.24) is 19.5 Å². The molecule has 0 amide bonds. The lowest BCUT2D eigenvalue weighted by molar-refractivity contribution is 0.902. The van der Waals surface area contributed by atoms with Gasteiger partial charge in [-0.15, -0.1) is 0 Å². The first-order valence-electron chi connectivity index (χ1n) is 11.3. The second kappa shape index (κ2) is 8.86. The van der Waals surface area contributed by atoms with Gasteiger partial charge in [-0.3, -0.25) is 9.78 Å². The van der Waals surface area contributed by atoms with Gasteiger partial charge in [-0.25, -0.2) is 14.3 Å². The molecule has 3 aromatic heterocycles. The van der Waals surface area contributed by atoms with Gasteiger partial charge in [0.05, 0.1) is 28.5 Å². The lowest BCUT2D eigenvalue weighted by Crippen LogP contribution is -2.33. The van der Waals surface area contributed by atoms with Crippen molar-refractivity contribution in [2.45, 2.75) is 0 Å². The van der Waals surface area contributed by atoms with Gasteiger partial charge in [-0.05, 0) is 35.9 Å². The van der Waals surface area contributed by atoms with Crippen molar-refractivity contribution in [2.75, 3.05) is 0 Å². The van der Waals surface area contributed by atoms with E-state index in [9.17, 15) is 14.9 Å². The van der Waals surface area contributed by atoms with E-state index >= 15 is 0 Å². The number of nitrogens with zero attached hydrogens (tertiary/aromatic N) is 4. The fourth-order valence-electron chi connectivity index (χ4n) is 4.55. The maximum Gasteiger partial charge on any atom is 0.333 e. The average molecular weight is 502 g/mol. The molecule has 0 bridgehead atoms. The molecule has 3 aromatic carbocycles. The number of rotatable bonds is 3. The van der Waals surface area contributed by atoms with Crippen LogP contribution in [0.3, 0.4) is 0 Å². The quantitative estimate of drug-likeness (QED) is 0.345. The Kier molecular flexibility index (Phi) is 5.37. The van der Waals surface area contributed by atoms with Crippen LogP contribution in [0.2, 0.25) is 5.02 Å². The van der Waals surface area contributed by atoms with Gasteiger partial charge in [0.25, 0.3) is 5.56 Å². The highest BCUT2D eigenvalue weighted by molar-refractivity contribution is 6.34. The number of aromatic nitrogens is 4. The fraction of sp³-hybridized carbons (Fsp3) is 0. The van der Waals surface area contributed by atoms with Crippen LogP contribution in [0.15, 0.2) is 101 Å². The second-order valence-corrected chi connectivity index (χ2v) is 8.80. The van der Waals surface area contributed by atoms with Crippen LogP contribution in [-0.4, -0.2) is 19.5 Å². The first-order chi connectivity index (χ1) is 18.0. The van der Waals surface area contributed by atoms with Crippen molar-refractivity contribution in [2.24, 2.45) is 0 Å². The minimum atomic E-state index is -0.574. The van der Waals surface area contributed by atoms with Gasteiger partial charge in [0.1, 0.15) is 11.8 Å². The van der Waals surface area contributed by atoms with Gasteiger partial charge < -0.3 is 4.98 Å². The van der Waals surface area contributed by atoms with Crippen LogP contribution in [0.4, 0.5) is 0 Å². The number of benzene rings is 3. The molecular weight excluding hydrogens is 486 g/mol. The SMILES string of the molecule is N#Cc1cccc(-c2cccc(Cl)c2-c2ccc3c(=O)n(-c4cncc5ccccc45)c(=O)[nH]c3c2)n1. The number of pyridine rings is 2. The van der Waals surface area contributed by atoms with E-state index in [0.29, 0.717) is 38.4 Å². The topological polar surface area (TPSA) is 104 Å². The van der Waals surface area contributed by atoms with Crippen LogP contribution < -0.4 is 11.2 Å². The first kappa shape index (κ1) is 22.4. The summed E-state index contributed by atoms with van der Waals surface area (Å²) in [5.74, 6) is 0. The highest BCUT2D eigenvalue weighted by atomic mass is 35.5. The van der Waals surface area contributed by atoms with Gasteiger partial charge in [-0.2, -0.15) is 5.26 Å². The molecule has 0 radical (unpaired) electrons. The summed E-state index contributed by atoms with van der Waals surface area (Å²) in [6.45, 7) is 0. The van der Waals surface area contributed by atoms with Gasteiger partial charge in [0.15, 0.2) is 0 Å². The minimum Gasteiger partial charge on any atom is -0.306 e. The van der Waals surface area contributed by atoms with Gasteiger partial charge in [0, 0.05) is 33.1 Å². The van der Waals surface area contributed by atoms with Crippen LogP contribution in [0.5, 0.6) is 0 Å². The number of hydrogen-bond acceptors (Lipinski definition) is 5. The van der Waals surface area contributed by atoms with Gasteiger partial charge in [0.2, 0.25) is 0 Å². The molecule has 0 saturated carbocycles. The smallest absolute Gasteiger partial charge is 0.306 e. The molecule has 37 heavy (non-hydrogen) atoms. The number of aromatic amines is 1. The van der Waals surface area contributed by atoms with Gasteiger partial charge >= 0.3 is 5.69 Å². The Morgan fingerprint density at radius 1 is 0.892 bits per heavy atom. The maximum absolute atomic E-state index is 13.5. The molecule has 7 nitrogen and oxygen atoms in total. The third-order valence-corrected chi connectivity index (χ3v) is 6.54. The summed E-state index contributed by atoms with van der Waals surface area (Å²) >= 11 is 6.62. The molecule has 6 aromatic rings. The highest BCUT2D eigenvalue weighted by Gasteiger charge is 2.16. The molecule has 0 aliphatic carbocycles. The second-order valence-electron chi connectivity index (χ2n) is 8.39. The van der Waals surface area contributed by atoms with E-state index in [4.69, 9.17) is 11.6 Å². The Hall–Kier alpha value is -5.06. The Balaban J connectivity index is 1.56. The van der Waals surface area contributed by atoms with Crippen molar-refractivity contribution in [3.63, 3.8) is 0 Å². The minimum absolute atomic E-state index is 0.287. The van der Waals surface area contributed by atoms with E-state index in [2.05, 4.69) is 21.0 Å². The molecule has 176 valence electrons. The number of nitriles is 1. The Morgan fingerprint density at radius 2 is 1.73 bits per heavy atom. The van der Waals surface area contributed by atoms with Crippen molar-refractivity contribution in [3.8, 4) is 34.1 Å². The third kappa shape index (κ3) is 3.77. The number of H-pyrrole nitrogens is 1. The van der Waals surface area contributed by atoms with Crippen LogP contribution in [0.25, 0.3) is 49.7 Å². The van der Waals surface area contributed by atoms with E-state index < -0.39 is 11.2 Å². The molecule has 0 spiro atoms. The molecule has 0 saturated heterocycles. The lowest BCUT2D eigenvalue weighted by atomic mass is 9.96. The normalized spacial score (nSPS) is 11.0. The Bertz CT molecular complexity index is 2020. The molecule has 1 N–H and O–H groups in total. The third-order valence-electron chi connectivity index (χ3n) is 6.23. The molecule has 3 heterocycles. The highest BCUT2D eigenvalue weighted by Crippen LogP contribution is 2.37. The number of nitrogens with one attached hydrogen (secondary N) is 1. The maximum atomic E-state index is 13.5. The molecular formula is C29H16ClN5O2. The standard InChI is InChI=1S/C29H16ClN5O2/c30-23-9-4-8-21(24-10-3-6-19(14-31)33-24)27(23)17-11-12-22-25(13-17)34-29(37)35(28(22)36)26-16-32-15-18-5-1-2-7-20(18)26/h1-13,15-16H,(H,34,37). The molecule has 0 unspecified atom stereocenters. The predicted octanol–water partition coefficient (Wildman–Crippen LogP) is 5.48. The number of fused-ring (bicyclic) bond motifs is 2. The van der Waals surface area contributed by atoms with Crippen molar-refractivity contribution in [3.05, 3.63) is 123 Å². The van der Waals surface area contributed by atoms with Crippen molar-refractivity contribution < 1.29 is 0 Å². The van der Waals surface area contributed by atoms with E-state index in [1.54, 1.807) is 48.7 Å². The summed E-state index contributed by atoms with van der Waals surface area (Å²) in [4.78, 5) is 38.2. The Labute approximate surface area is 214 Å². The molecule has 8 heteroatoms.